The molecule has 96 valence electrons. The predicted molar refractivity (Wildman–Crippen MR) is 78.6 cm³/mol. The molecule has 2 aromatic rings. The van der Waals surface area contributed by atoms with Gasteiger partial charge in [0.25, 0.3) is 0 Å². The van der Waals surface area contributed by atoms with Crippen LogP contribution in [0.15, 0.2) is 49.1 Å². The molecule has 0 fully saturated rings. The summed E-state index contributed by atoms with van der Waals surface area (Å²) in [6.07, 6.45) is 7.89. The van der Waals surface area contributed by atoms with Gasteiger partial charge in [0, 0.05) is 10.8 Å². The SMILES string of the molecule is C#CCOc1cccc2c(OCCC=C)cccc12. The van der Waals surface area contributed by atoms with Crippen LogP contribution in [0.2, 0.25) is 0 Å². The molecule has 2 nitrogen and oxygen atoms in total. The highest BCUT2D eigenvalue weighted by Crippen LogP contribution is 2.32. The number of ether oxygens (including phenoxy) is 2. The van der Waals surface area contributed by atoms with E-state index in [2.05, 4.69) is 12.5 Å². The summed E-state index contributed by atoms with van der Waals surface area (Å²) in [6.45, 7) is 4.57. The summed E-state index contributed by atoms with van der Waals surface area (Å²) >= 11 is 0. The first-order chi connectivity index (χ1) is 9.36. The van der Waals surface area contributed by atoms with Crippen LogP contribution in [0.1, 0.15) is 6.42 Å². The topological polar surface area (TPSA) is 18.5 Å². The average Bonchev–Trinajstić information content (AvgIpc) is 2.45. The summed E-state index contributed by atoms with van der Waals surface area (Å²) in [5.41, 5.74) is 0. The Morgan fingerprint density at radius 2 is 1.68 bits per heavy atom. The van der Waals surface area contributed by atoms with Crippen molar-refractivity contribution in [2.45, 2.75) is 6.42 Å². The summed E-state index contributed by atoms with van der Waals surface area (Å²) in [7, 11) is 0. The second-order valence-corrected chi connectivity index (χ2v) is 4.03. The third-order valence-electron chi connectivity index (χ3n) is 2.73. The van der Waals surface area contributed by atoms with Crippen molar-refractivity contribution < 1.29 is 9.47 Å². The van der Waals surface area contributed by atoms with E-state index in [0.29, 0.717) is 6.61 Å². The Balaban J connectivity index is 2.34. The molecule has 0 aromatic heterocycles. The van der Waals surface area contributed by atoms with E-state index in [0.717, 1.165) is 28.7 Å². The maximum absolute atomic E-state index is 5.75. The third-order valence-corrected chi connectivity index (χ3v) is 2.73. The molecule has 0 spiro atoms. The Kier molecular flexibility index (Phi) is 4.47. The molecular formula is C17H16O2. The zero-order valence-electron chi connectivity index (χ0n) is 10.8. The summed E-state index contributed by atoms with van der Waals surface area (Å²) < 4.78 is 11.3. The Morgan fingerprint density at radius 1 is 1.05 bits per heavy atom. The zero-order valence-corrected chi connectivity index (χ0v) is 10.8. The van der Waals surface area contributed by atoms with Gasteiger partial charge in [0.15, 0.2) is 0 Å². The van der Waals surface area contributed by atoms with Gasteiger partial charge in [0.1, 0.15) is 18.1 Å². The van der Waals surface area contributed by atoms with Crippen LogP contribution in [0, 0.1) is 12.3 Å². The van der Waals surface area contributed by atoms with E-state index in [9.17, 15) is 0 Å². The number of terminal acetylenes is 1. The first-order valence-electron chi connectivity index (χ1n) is 6.18. The van der Waals surface area contributed by atoms with Crippen LogP contribution >= 0.6 is 0 Å². The normalized spacial score (nSPS) is 9.84. The zero-order chi connectivity index (χ0) is 13.5. The first kappa shape index (κ1) is 13.0. The van der Waals surface area contributed by atoms with Crippen molar-refractivity contribution in [1.29, 1.82) is 0 Å². The lowest BCUT2D eigenvalue weighted by molar-refractivity contribution is 0.328. The first-order valence-corrected chi connectivity index (χ1v) is 6.18. The van der Waals surface area contributed by atoms with Crippen LogP contribution in [0.4, 0.5) is 0 Å². The minimum absolute atomic E-state index is 0.265. The molecule has 0 N–H and O–H groups in total. The van der Waals surface area contributed by atoms with E-state index in [1.54, 1.807) is 0 Å². The predicted octanol–water partition coefficient (Wildman–Crippen LogP) is 3.81. The van der Waals surface area contributed by atoms with E-state index < -0.39 is 0 Å². The molecule has 0 amide bonds. The minimum Gasteiger partial charge on any atom is -0.493 e. The number of benzene rings is 2. The molecule has 2 heteroatoms. The fourth-order valence-corrected chi connectivity index (χ4v) is 1.88. The van der Waals surface area contributed by atoms with Crippen molar-refractivity contribution in [2.24, 2.45) is 0 Å². The van der Waals surface area contributed by atoms with Gasteiger partial charge >= 0.3 is 0 Å². The van der Waals surface area contributed by atoms with E-state index in [1.165, 1.54) is 0 Å². The minimum atomic E-state index is 0.265. The van der Waals surface area contributed by atoms with Crippen molar-refractivity contribution in [3.63, 3.8) is 0 Å². The summed E-state index contributed by atoms with van der Waals surface area (Å²) in [4.78, 5) is 0. The molecule has 0 bridgehead atoms. The number of hydrogen-bond acceptors (Lipinski definition) is 2. The molecule has 0 aliphatic heterocycles. The van der Waals surface area contributed by atoms with Crippen LogP contribution in [0.5, 0.6) is 11.5 Å². The summed E-state index contributed by atoms with van der Waals surface area (Å²) in [6, 6.07) is 11.8. The molecule has 0 saturated heterocycles. The third kappa shape index (κ3) is 3.08. The van der Waals surface area contributed by atoms with Gasteiger partial charge in [-0.3, -0.25) is 0 Å². The maximum atomic E-state index is 5.75. The largest absolute Gasteiger partial charge is 0.493 e. The van der Waals surface area contributed by atoms with Gasteiger partial charge in [0.05, 0.1) is 6.61 Å². The van der Waals surface area contributed by atoms with Gasteiger partial charge < -0.3 is 9.47 Å². The molecule has 2 rings (SSSR count). The monoisotopic (exact) mass is 252 g/mol. The molecule has 0 aliphatic carbocycles. The van der Waals surface area contributed by atoms with Gasteiger partial charge in [-0.2, -0.15) is 0 Å². The van der Waals surface area contributed by atoms with Crippen LogP contribution in [0.3, 0.4) is 0 Å². The lowest BCUT2D eigenvalue weighted by Crippen LogP contribution is -1.97. The molecule has 0 heterocycles. The Bertz CT molecular complexity index is 608. The van der Waals surface area contributed by atoms with E-state index in [1.807, 2.05) is 42.5 Å². The lowest BCUT2D eigenvalue weighted by atomic mass is 10.1. The second kappa shape index (κ2) is 6.51. The fraction of sp³-hybridized carbons (Fsp3) is 0.176. The molecule has 0 aliphatic rings. The molecule has 0 radical (unpaired) electrons. The lowest BCUT2D eigenvalue weighted by Gasteiger charge is -2.11. The molecule has 2 aromatic carbocycles. The number of rotatable bonds is 6. The van der Waals surface area contributed by atoms with Gasteiger partial charge in [-0.15, -0.1) is 13.0 Å². The van der Waals surface area contributed by atoms with Gasteiger partial charge in [-0.1, -0.05) is 36.3 Å². The Morgan fingerprint density at radius 3 is 2.26 bits per heavy atom. The van der Waals surface area contributed by atoms with Crippen LogP contribution in [-0.2, 0) is 0 Å². The molecule has 0 atom stereocenters. The summed E-state index contributed by atoms with van der Waals surface area (Å²) in [5.74, 6) is 4.11. The van der Waals surface area contributed by atoms with Crippen molar-refractivity contribution in [2.75, 3.05) is 13.2 Å². The fourth-order valence-electron chi connectivity index (χ4n) is 1.88. The smallest absolute Gasteiger partial charge is 0.148 e. The molecule has 0 saturated carbocycles. The quantitative estimate of drug-likeness (QED) is 0.442. The van der Waals surface area contributed by atoms with Gasteiger partial charge in [-0.25, -0.2) is 0 Å². The maximum Gasteiger partial charge on any atom is 0.148 e. The standard InChI is InChI=1S/C17H16O2/c1-3-5-13-19-17-11-7-8-14-15(17)9-6-10-16(14)18-12-4-2/h2-3,6-11H,1,5,12-13H2. The highest BCUT2D eigenvalue weighted by molar-refractivity contribution is 5.93. The summed E-state index contributed by atoms with van der Waals surface area (Å²) in [5, 5.41) is 2.04. The molecular weight excluding hydrogens is 236 g/mol. The van der Waals surface area contributed by atoms with Crippen molar-refractivity contribution in [3.05, 3.63) is 49.1 Å². The van der Waals surface area contributed by atoms with Crippen LogP contribution < -0.4 is 9.47 Å². The van der Waals surface area contributed by atoms with Crippen LogP contribution in [-0.4, -0.2) is 13.2 Å². The Hall–Kier alpha value is -2.40. The highest BCUT2D eigenvalue weighted by Gasteiger charge is 2.06. The Labute approximate surface area is 113 Å². The van der Waals surface area contributed by atoms with Crippen molar-refractivity contribution in [3.8, 4) is 23.8 Å². The van der Waals surface area contributed by atoms with Crippen molar-refractivity contribution >= 4 is 10.8 Å². The second-order valence-electron chi connectivity index (χ2n) is 4.03. The van der Waals surface area contributed by atoms with Gasteiger partial charge in [0.2, 0.25) is 0 Å². The molecule has 0 unspecified atom stereocenters. The van der Waals surface area contributed by atoms with E-state index in [4.69, 9.17) is 15.9 Å². The molecule has 19 heavy (non-hydrogen) atoms. The number of hydrogen-bond donors (Lipinski definition) is 0. The van der Waals surface area contributed by atoms with E-state index >= 15 is 0 Å². The van der Waals surface area contributed by atoms with E-state index in [-0.39, 0.29) is 6.61 Å². The average molecular weight is 252 g/mol. The highest BCUT2D eigenvalue weighted by atomic mass is 16.5. The number of fused-ring (bicyclic) bond motifs is 1. The van der Waals surface area contributed by atoms with Crippen molar-refractivity contribution in [1.82, 2.24) is 0 Å². The van der Waals surface area contributed by atoms with Gasteiger partial charge in [-0.05, 0) is 18.6 Å². The van der Waals surface area contributed by atoms with Crippen LogP contribution in [0.25, 0.3) is 10.8 Å².